The maximum absolute atomic E-state index is 12.2. The van der Waals surface area contributed by atoms with Gasteiger partial charge in [-0.25, -0.2) is 0 Å². The number of halogens is 2. The summed E-state index contributed by atoms with van der Waals surface area (Å²) in [6, 6.07) is 7.00. The normalized spacial score (nSPS) is 12.6. The van der Waals surface area contributed by atoms with Gasteiger partial charge in [-0.2, -0.15) is 0 Å². The Morgan fingerprint density at radius 3 is 2.82 bits per heavy atom. The number of thiophene rings is 1. The second-order valence-corrected chi connectivity index (χ2v) is 7.15. The molecule has 90 valence electrons. The van der Waals surface area contributed by atoms with Gasteiger partial charge in [0.05, 0.1) is 26.5 Å². The number of rotatable bonds is 3. The minimum Gasteiger partial charge on any atom is -0.399 e. The molecule has 0 saturated carbocycles. The molecule has 1 atom stereocenters. The van der Waals surface area contributed by atoms with Crippen LogP contribution in [-0.2, 0) is 16.6 Å². The minimum absolute atomic E-state index is 0.458. The van der Waals surface area contributed by atoms with Crippen molar-refractivity contribution in [2.45, 2.75) is 10.6 Å². The van der Waals surface area contributed by atoms with E-state index in [1.807, 2.05) is 11.4 Å². The van der Waals surface area contributed by atoms with Crippen molar-refractivity contribution >= 4 is 55.4 Å². The van der Waals surface area contributed by atoms with Crippen LogP contribution in [0, 0.1) is 0 Å². The predicted molar refractivity (Wildman–Crippen MR) is 78.0 cm³/mol. The van der Waals surface area contributed by atoms with Crippen LogP contribution in [0.2, 0.25) is 5.02 Å². The molecule has 0 bridgehead atoms. The van der Waals surface area contributed by atoms with Crippen LogP contribution in [0.1, 0.15) is 4.88 Å². The van der Waals surface area contributed by atoms with Crippen molar-refractivity contribution in [3.63, 3.8) is 0 Å². The fourth-order valence-corrected chi connectivity index (χ4v) is 4.59. The van der Waals surface area contributed by atoms with Crippen LogP contribution < -0.4 is 5.73 Å². The van der Waals surface area contributed by atoms with Crippen molar-refractivity contribution in [1.82, 2.24) is 0 Å². The maximum atomic E-state index is 12.2. The van der Waals surface area contributed by atoms with Gasteiger partial charge >= 0.3 is 0 Å². The Bertz CT molecular complexity index is 570. The zero-order chi connectivity index (χ0) is 12.4. The molecular formula is C11H9BrClNOS2. The highest BCUT2D eigenvalue weighted by molar-refractivity contribution is 9.10. The third-order valence-electron chi connectivity index (χ3n) is 2.10. The lowest BCUT2D eigenvalue weighted by atomic mass is 10.3. The molecule has 1 unspecified atom stereocenters. The van der Waals surface area contributed by atoms with Crippen LogP contribution in [-0.4, -0.2) is 4.21 Å². The first-order valence-corrected chi connectivity index (χ1v) is 8.09. The molecule has 0 fully saturated rings. The molecule has 1 aromatic carbocycles. The van der Waals surface area contributed by atoms with E-state index in [0.717, 1.165) is 9.35 Å². The standard InChI is InChI=1S/C11H9BrClNOS2/c12-7-3-9(16-5-7)6-17(15)11-4-8(14)1-2-10(11)13/h1-5H,6,14H2. The molecule has 1 heterocycles. The van der Waals surface area contributed by atoms with Crippen molar-refractivity contribution in [1.29, 1.82) is 0 Å². The topological polar surface area (TPSA) is 43.1 Å². The van der Waals surface area contributed by atoms with Crippen molar-refractivity contribution in [2.24, 2.45) is 0 Å². The van der Waals surface area contributed by atoms with Crippen molar-refractivity contribution in [3.8, 4) is 0 Å². The fourth-order valence-electron chi connectivity index (χ4n) is 1.33. The number of benzene rings is 1. The molecule has 0 aliphatic rings. The third kappa shape index (κ3) is 3.31. The summed E-state index contributed by atoms with van der Waals surface area (Å²) in [5, 5.41) is 2.46. The molecular weight excluding hydrogens is 342 g/mol. The van der Waals surface area contributed by atoms with Crippen LogP contribution >= 0.6 is 38.9 Å². The fraction of sp³-hybridized carbons (Fsp3) is 0.0909. The molecule has 0 spiro atoms. The Morgan fingerprint density at radius 1 is 1.41 bits per heavy atom. The summed E-state index contributed by atoms with van der Waals surface area (Å²) in [5.74, 6) is 0.458. The number of nitrogens with two attached hydrogens (primary N) is 1. The summed E-state index contributed by atoms with van der Waals surface area (Å²) >= 11 is 10.9. The number of hydrogen-bond donors (Lipinski definition) is 1. The van der Waals surface area contributed by atoms with Crippen LogP contribution in [0.3, 0.4) is 0 Å². The Balaban J connectivity index is 2.22. The molecule has 2 rings (SSSR count). The highest BCUT2D eigenvalue weighted by atomic mass is 79.9. The summed E-state index contributed by atoms with van der Waals surface area (Å²) in [6.45, 7) is 0. The van der Waals surface area contributed by atoms with Gasteiger partial charge in [-0.05, 0) is 40.2 Å². The van der Waals surface area contributed by atoms with E-state index in [4.69, 9.17) is 17.3 Å². The van der Waals surface area contributed by atoms with Gasteiger partial charge in [0.25, 0.3) is 0 Å². The predicted octanol–water partition coefficient (Wildman–Crippen LogP) is 4.05. The van der Waals surface area contributed by atoms with Gasteiger partial charge in [0, 0.05) is 20.4 Å². The van der Waals surface area contributed by atoms with Crippen molar-refractivity contribution in [3.05, 3.63) is 44.0 Å². The SMILES string of the molecule is Nc1ccc(Cl)c(S(=O)Cc2cc(Br)cs2)c1. The molecule has 0 aliphatic carbocycles. The zero-order valence-electron chi connectivity index (χ0n) is 8.65. The quantitative estimate of drug-likeness (QED) is 0.848. The summed E-state index contributed by atoms with van der Waals surface area (Å²) in [6.07, 6.45) is 0. The van der Waals surface area contributed by atoms with E-state index in [1.54, 1.807) is 29.5 Å². The molecule has 17 heavy (non-hydrogen) atoms. The lowest BCUT2D eigenvalue weighted by molar-refractivity contribution is 0.683. The third-order valence-corrected chi connectivity index (χ3v) is 5.82. The monoisotopic (exact) mass is 349 g/mol. The first-order valence-electron chi connectivity index (χ1n) is 4.72. The molecule has 6 heteroatoms. The molecule has 0 radical (unpaired) electrons. The Morgan fingerprint density at radius 2 is 2.18 bits per heavy atom. The molecule has 1 aromatic heterocycles. The largest absolute Gasteiger partial charge is 0.399 e. The van der Waals surface area contributed by atoms with Crippen molar-refractivity contribution < 1.29 is 4.21 Å². The smallest absolute Gasteiger partial charge is 0.0627 e. The molecule has 2 aromatic rings. The van der Waals surface area contributed by atoms with E-state index in [1.165, 1.54) is 0 Å². The van der Waals surface area contributed by atoms with E-state index < -0.39 is 10.8 Å². The van der Waals surface area contributed by atoms with Gasteiger partial charge in [0.1, 0.15) is 0 Å². The van der Waals surface area contributed by atoms with Gasteiger partial charge in [0.2, 0.25) is 0 Å². The van der Waals surface area contributed by atoms with Gasteiger partial charge in [0.15, 0.2) is 0 Å². The van der Waals surface area contributed by atoms with Crippen molar-refractivity contribution in [2.75, 3.05) is 5.73 Å². The van der Waals surface area contributed by atoms with Gasteiger partial charge in [-0.15, -0.1) is 11.3 Å². The first kappa shape index (κ1) is 13.1. The van der Waals surface area contributed by atoms with Gasteiger partial charge in [-0.1, -0.05) is 11.6 Å². The van der Waals surface area contributed by atoms with Gasteiger partial charge in [-0.3, -0.25) is 4.21 Å². The van der Waals surface area contributed by atoms with E-state index in [2.05, 4.69) is 15.9 Å². The van der Waals surface area contributed by atoms with E-state index in [0.29, 0.717) is 21.4 Å². The summed E-state index contributed by atoms with van der Waals surface area (Å²) < 4.78 is 13.2. The Hall–Kier alpha value is -0.360. The summed E-state index contributed by atoms with van der Waals surface area (Å²) in [4.78, 5) is 1.64. The molecule has 0 aliphatic heterocycles. The Labute approximate surface area is 119 Å². The van der Waals surface area contributed by atoms with Crippen LogP contribution in [0.25, 0.3) is 0 Å². The van der Waals surface area contributed by atoms with Crippen LogP contribution in [0.5, 0.6) is 0 Å². The van der Waals surface area contributed by atoms with E-state index in [-0.39, 0.29) is 0 Å². The van der Waals surface area contributed by atoms with Crippen LogP contribution in [0.4, 0.5) is 5.69 Å². The molecule has 2 N–H and O–H groups in total. The van der Waals surface area contributed by atoms with Gasteiger partial charge < -0.3 is 5.73 Å². The molecule has 2 nitrogen and oxygen atoms in total. The highest BCUT2D eigenvalue weighted by Crippen LogP contribution is 2.27. The number of anilines is 1. The maximum Gasteiger partial charge on any atom is 0.0627 e. The molecule has 0 amide bonds. The average molecular weight is 351 g/mol. The van der Waals surface area contributed by atoms with E-state index in [9.17, 15) is 4.21 Å². The summed E-state index contributed by atoms with van der Waals surface area (Å²) in [5.41, 5.74) is 6.24. The number of nitrogen functional groups attached to an aromatic ring is 1. The molecule has 0 saturated heterocycles. The van der Waals surface area contributed by atoms with E-state index >= 15 is 0 Å². The second-order valence-electron chi connectivity index (χ2n) is 3.41. The lowest BCUT2D eigenvalue weighted by Crippen LogP contribution is -1.97. The van der Waals surface area contributed by atoms with Crippen LogP contribution in [0.15, 0.2) is 39.0 Å². The Kier molecular flexibility index (Phi) is 4.25. The average Bonchev–Trinajstić information content (AvgIpc) is 2.67. The second kappa shape index (κ2) is 5.52. The summed E-state index contributed by atoms with van der Waals surface area (Å²) in [7, 11) is -1.17. The zero-order valence-corrected chi connectivity index (χ0v) is 12.6. The number of hydrogen-bond acceptors (Lipinski definition) is 3. The highest BCUT2D eigenvalue weighted by Gasteiger charge is 2.11. The minimum atomic E-state index is -1.17. The first-order chi connectivity index (χ1) is 8.06. The lowest BCUT2D eigenvalue weighted by Gasteiger charge is -2.04.